The maximum absolute atomic E-state index is 14.2. The first-order chi connectivity index (χ1) is 17.4. The van der Waals surface area contributed by atoms with Gasteiger partial charge in [-0.15, -0.1) is 0 Å². The van der Waals surface area contributed by atoms with Crippen molar-refractivity contribution in [2.45, 2.75) is 49.3 Å². The van der Waals surface area contributed by atoms with Crippen LogP contribution in [0.5, 0.6) is 5.75 Å². The zero-order chi connectivity index (χ0) is 25.0. The second-order valence-electron chi connectivity index (χ2n) is 10.0. The van der Waals surface area contributed by atoms with Gasteiger partial charge in [0, 0.05) is 30.8 Å². The molecule has 0 radical (unpaired) electrons. The second kappa shape index (κ2) is 8.59. The van der Waals surface area contributed by atoms with Crippen molar-refractivity contribution in [1.29, 1.82) is 0 Å². The van der Waals surface area contributed by atoms with Crippen LogP contribution in [0.25, 0.3) is 11.1 Å². The molecule has 2 atom stereocenters. The van der Waals surface area contributed by atoms with Gasteiger partial charge in [0.2, 0.25) is 5.82 Å². The number of nitrogens with zero attached hydrogens (tertiary/aromatic N) is 1. The van der Waals surface area contributed by atoms with E-state index in [4.69, 9.17) is 9.47 Å². The van der Waals surface area contributed by atoms with Crippen LogP contribution in [0.3, 0.4) is 0 Å². The Morgan fingerprint density at radius 2 is 1.58 bits per heavy atom. The van der Waals surface area contributed by atoms with Gasteiger partial charge in [-0.1, -0.05) is 48.5 Å². The summed E-state index contributed by atoms with van der Waals surface area (Å²) in [7, 11) is 1.26. The number of ether oxygens (including phenoxy) is 2. The Bertz CT molecular complexity index is 1280. The van der Waals surface area contributed by atoms with Crippen LogP contribution in [0.15, 0.2) is 60.7 Å². The molecular formula is C29H27F2NO4. The maximum atomic E-state index is 14.2. The van der Waals surface area contributed by atoms with Crippen molar-refractivity contribution in [3.63, 3.8) is 0 Å². The molecule has 1 N–H and O–H groups in total. The van der Waals surface area contributed by atoms with Crippen molar-refractivity contribution in [3.8, 4) is 16.9 Å². The Morgan fingerprint density at radius 3 is 2.17 bits per heavy atom. The van der Waals surface area contributed by atoms with Crippen LogP contribution in [0.1, 0.15) is 48.3 Å². The Kier molecular flexibility index (Phi) is 5.48. The molecule has 2 aliphatic heterocycles. The molecule has 3 aromatic rings. The van der Waals surface area contributed by atoms with E-state index >= 15 is 0 Å². The lowest BCUT2D eigenvalue weighted by Gasteiger charge is -2.43. The van der Waals surface area contributed by atoms with Crippen molar-refractivity contribution >= 4 is 6.09 Å². The van der Waals surface area contributed by atoms with Gasteiger partial charge in [0.05, 0.1) is 12.7 Å². The SMILES string of the molecule is COc1cc(C2(O)CC3CCC(C2)N3C(=O)OCC2c3ccccc3-c3ccccc32)cc(F)c1F. The van der Waals surface area contributed by atoms with Crippen LogP contribution in [0.4, 0.5) is 13.6 Å². The number of carbonyl (C=O) groups excluding carboxylic acids is 1. The van der Waals surface area contributed by atoms with Crippen molar-refractivity contribution in [3.05, 3.63) is 89.0 Å². The Hall–Kier alpha value is -3.45. The Morgan fingerprint density at radius 1 is 1.00 bits per heavy atom. The number of piperidine rings is 1. The molecule has 0 aromatic heterocycles. The fourth-order valence-electron chi connectivity index (χ4n) is 6.41. The molecule has 6 rings (SSSR count). The number of hydrogen-bond acceptors (Lipinski definition) is 4. The van der Waals surface area contributed by atoms with E-state index in [0.29, 0.717) is 0 Å². The number of methoxy groups -OCH3 is 1. The summed E-state index contributed by atoms with van der Waals surface area (Å²) in [5, 5.41) is 11.5. The highest BCUT2D eigenvalue weighted by Gasteiger charge is 2.51. The molecule has 2 fully saturated rings. The quantitative estimate of drug-likeness (QED) is 0.506. The first-order valence-electron chi connectivity index (χ1n) is 12.3. The van der Waals surface area contributed by atoms with Gasteiger partial charge >= 0.3 is 6.09 Å². The highest BCUT2D eigenvalue weighted by Crippen LogP contribution is 2.48. The van der Waals surface area contributed by atoms with Gasteiger partial charge in [0.1, 0.15) is 6.61 Å². The number of amides is 1. The van der Waals surface area contributed by atoms with Gasteiger partial charge in [0.15, 0.2) is 11.6 Å². The lowest BCUT2D eigenvalue weighted by molar-refractivity contribution is -0.0534. The molecule has 2 unspecified atom stereocenters. The van der Waals surface area contributed by atoms with Gasteiger partial charge in [-0.25, -0.2) is 9.18 Å². The lowest BCUT2D eigenvalue weighted by atomic mass is 9.80. The molecule has 1 amide bonds. The molecular weight excluding hydrogens is 464 g/mol. The number of rotatable bonds is 4. The minimum absolute atomic E-state index is 0.0321. The number of aliphatic hydroxyl groups is 1. The summed E-state index contributed by atoms with van der Waals surface area (Å²) in [5.41, 5.74) is 3.51. The van der Waals surface area contributed by atoms with E-state index in [1.54, 1.807) is 4.90 Å². The predicted molar refractivity (Wildman–Crippen MR) is 130 cm³/mol. The molecule has 0 saturated carbocycles. The van der Waals surface area contributed by atoms with E-state index in [0.717, 1.165) is 30.0 Å². The van der Waals surface area contributed by atoms with Crippen molar-refractivity contribution < 1.29 is 28.2 Å². The van der Waals surface area contributed by atoms with E-state index in [1.165, 1.54) is 24.3 Å². The normalized spacial score (nSPS) is 24.4. The summed E-state index contributed by atoms with van der Waals surface area (Å²) in [6.45, 7) is 0.230. The molecule has 2 heterocycles. The number of hydrogen-bond donors (Lipinski definition) is 1. The van der Waals surface area contributed by atoms with E-state index in [2.05, 4.69) is 24.3 Å². The largest absolute Gasteiger partial charge is 0.494 e. The number of halogens is 2. The molecule has 3 aliphatic rings. The van der Waals surface area contributed by atoms with Crippen molar-refractivity contribution in [2.24, 2.45) is 0 Å². The number of benzene rings is 3. The minimum atomic E-state index is -1.38. The highest BCUT2D eigenvalue weighted by atomic mass is 19.2. The first kappa shape index (κ1) is 23.0. The average molecular weight is 492 g/mol. The highest BCUT2D eigenvalue weighted by molar-refractivity contribution is 5.79. The third-order valence-electron chi connectivity index (χ3n) is 8.07. The molecule has 7 heteroatoms. The Balaban J connectivity index is 1.19. The van der Waals surface area contributed by atoms with Gasteiger partial charge in [-0.3, -0.25) is 0 Å². The molecule has 2 saturated heterocycles. The van der Waals surface area contributed by atoms with Crippen LogP contribution in [0.2, 0.25) is 0 Å². The lowest BCUT2D eigenvalue weighted by Crippen LogP contribution is -2.52. The van der Waals surface area contributed by atoms with Crippen LogP contribution in [-0.4, -0.2) is 41.9 Å². The summed E-state index contributed by atoms with van der Waals surface area (Å²) >= 11 is 0. The second-order valence-corrected chi connectivity index (χ2v) is 10.0. The molecule has 186 valence electrons. The summed E-state index contributed by atoms with van der Waals surface area (Å²) < 4.78 is 39.0. The maximum Gasteiger partial charge on any atom is 0.410 e. The summed E-state index contributed by atoms with van der Waals surface area (Å²) in [5.74, 6) is -2.42. The van der Waals surface area contributed by atoms with Gasteiger partial charge < -0.3 is 19.5 Å². The monoisotopic (exact) mass is 491 g/mol. The van der Waals surface area contributed by atoms with Crippen molar-refractivity contribution in [2.75, 3.05) is 13.7 Å². The molecule has 3 aromatic carbocycles. The number of carbonyl (C=O) groups is 1. The topological polar surface area (TPSA) is 59.0 Å². The van der Waals surface area contributed by atoms with Crippen LogP contribution in [0, 0.1) is 11.6 Å². The summed E-state index contributed by atoms with van der Waals surface area (Å²) in [6, 6.07) is 18.2. The molecule has 2 bridgehead atoms. The first-order valence-corrected chi connectivity index (χ1v) is 12.3. The Labute approximate surface area is 208 Å². The third-order valence-corrected chi connectivity index (χ3v) is 8.07. The molecule has 1 aliphatic carbocycles. The van der Waals surface area contributed by atoms with Crippen molar-refractivity contribution in [1.82, 2.24) is 4.90 Å². The van der Waals surface area contributed by atoms with E-state index in [9.17, 15) is 18.7 Å². The summed E-state index contributed by atoms with van der Waals surface area (Å²) in [4.78, 5) is 15.0. The average Bonchev–Trinajstić information content (AvgIpc) is 3.36. The third kappa shape index (κ3) is 3.56. The van der Waals surface area contributed by atoms with Gasteiger partial charge in [-0.2, -0.15) is 4.39 Å². The minimum Gasteiger partial charge on any atom is -0.494 e. The standard InChI is InChI=1S/C29H27F2NO4/c1-35-26-13-17(12-25(30)27(26)31)29(34)14-18-10-11-19(15-29)32(18)28(33)36-16-24-22-8-4-2-6-20(22)21-7-3-5-9-23(21)24/h2-9,12-13,18-19,24,34H,10-11,14-16H2,1H3. The fourth-order valence-corrected chi connectivity index (χ4v) is 6.41. The van der Waals surface area contributed by atoms with E-state index < -0.39 is 23.3 Å². The fraction of sp³-hybridized carbons (Fsp3) is 0.345. The smallest absolute Gasteiger partial charge is 0.410 e. The van der Waals surface area contributed by atoms with Gasteiger partial charge in [-0.05, 0) is 52.8 Å². The predicted octanol–water partition coefficient (Wildman–Crippen LogP) is 5.74. The number of fused-ring (bicyclic) bond motifs is 5. The zero-order valence-electron chi connectivity index (χ0n) is 19.9. The zero-order valence-corrected chi connectivity index (χ0v) is 19.9. The van der Waals surface area contributed by atoms with Crippen LogP contribution >= 0.6 is 0 Å². The van der Waals surface area contributed by atoms with Crippen LogP contribution < -0.4 is 4.74 Å². The van der Waals surface area contributed by atoms with Crippen LogP contribution in [-0.2, 0) is 10.3 Å². The molecule has 36 heavy (non-hydrogen) atoms. The van der Waals surface area contributed by atoms with Gasteiger partial charge in [0.25, 0.3) is 0 Å². The van der Waals surface area contributed by atoms with E-state index in [-0.39, 0.29) is 48.8 Å². The summed E-state index contributed by atoms with van der Waals surface area (Å²) in [6.07, 6.45) is 1.49. The molecule has 0 spiro atoms. The molecule has 5 nitrogen and oxygen atoms in total. The van der Waals surface area contributed by atoms with E-state index in [1.807, 2.05) is 24.3 Å².